The molecule has 0 aliphatic heterocycles. The molecule has 0 spiro atoms. The first-order chi connectivity index (χ1) is 26.3. The van der Waals surface area contributed by atoms with E-state index in [0.717, 1.165) is 79.2 Å². The van der Waals surface area contributed by atoms with Crippen molar-refractivity contribution in [3.8, 4) is 11.1 Å². The summed E-state index contributed by atoms with van der Waals surface area (Å²) in [7, 11) is 0. The van der Waals surface area contributed by atoms with Crippen LogP contribution in [0.25, 0.3) is 82.1 Å². The monoisotopic (exact) mass is 679 g/mol. The molecule has 3 heteroatoms. The highest BCUT2D eigenvalue weighted by Crippen LogP contribution is 2.49. The van der Waals surface area contributed by atoms with Gasteiger partial charge in [-0.05, 0) is 88.2 Å². The average Bonchev–Trinajstić information content (AvgIpc) is 3.79. The molecule has 0 radical (unpaired) electrons. The van der Waals surface area contributed by atoms with E-state index in [4.69, 9.17) is 8.83 Å². The van der Waals surface area contributed by atoms with Crippen molar-refractivity contribution in [1.29, 1.82) is 0 Å². The molecule has 8 aromatic carbocycles. The molecule has 3 nitrogen and oxygen atoms in total. The maximum atomic E-state index is 7.05. The summed E-state index contributed by atoms with van der Waals surface area (Å²) in [6.07, 6.45) is 6.46. The Bertz CT molecular complexity index is 3120. The van der Waals surface area contributed by atoms with Crippen molar-refractivity contribution in [3.05, 3.63) is 187 Å². The number of para-hydroxylation sites is 1. The molecule has 2 aromatic heterocycles. The molecule has 1 aliphatic carbocycles. The Hall–Kier alpha value is -6.84. The average molecular weight is 680 g/mol. The Morgan fingerprint density at radius 3 is 2.00 bits per heavy atom. The lowest BCUT2D eigenvalue weighted by molar-refractivity contribution is 0.664. The smallest absolute Gasteiger partial charge is 0.144 e. The summed E-state index contributed by atoms with van der Waals surface area (Å²) in [5, 5.41) is 9.07. The quantitative estimate of drug-likeness (QED) is 0.181. The van der Waals surface area contributed by atoms with E-state index in [1.807, 2.05) is 6.07 Å². The first kappa shape index (κ1) is 29.8. The molecule has 1 aliphatic rings. The van der Waals surface area contributed by atoms with E-state index in [0.29, 0.717) is 0 Å². The van der Waals surface area contributed by atoms with Gasteiger partial charge in [-0.2, -0.15) is 0 Å². The van der Waals surface area contributed by atoms with Gasteiger partial charge in [0.25, 0.3) is 0 Å². The summed E-state index contributed by atoms with van der Waals surface area (Å²) in [5.41, 5.74) is 11.7. The van der Waals surface area contributed by atoms with Crippen molar-refractivity contribution in [2.75, 3.05) is 4.90 Å². The second-order valence-corrected chi connectivity index (χ2v) is 14.0. The molecule has 2 heterocycles. The molecule has 250 valence electrons. The van der Waals surface area contributed by atoms with Crippen LogP contribution in [-0.4, -0.2) is 0 Å². The number of rotatable bonds is 5. The summed E-state index contributed by atoms with van der Waals surface area (Å²) in [6, 6.07) is 58.3. The second-order valence-electron chi connectivity index (χ2n) is 14.0. The van der Waals surface area contributed by atoms with Crippen molar-refractivity contribution in [2.24, 2.45) is 0 Å². The zero-order valence-corrected chi connectivity index (χ0v) is 28.9. The van der Waals surface area contributed by atoms with E-state index in [9.17, 15) is 0 Å². The lowest BCUT2D eigenvalue weighted by Crippen LogP contribution is -2.18. The predicted octanol–water partition coefficient (Wildman–Crippen LogP) is 14.4. The Morgan fingerprint density at radius 1 is 0.415 bits per heavy atom. The van der Waals surface area contributed by atoms with Gasteiger partial charge in [-0.1, -0.05) is 133 Å². The van der Waals surface area contributed by atoms with Crippen LogP contribution in [0.3, 0.4) is 0 Å². The van der Waals surface area contributed by atoms with E-state index in [-0.39, 0.29) is 0 Å². The van der Waals surface area contributed by atoms with Crippen LogP contribution < -0.4 is 4.90 Å². The number of fused-ring (bicyclic) bond motifs is 8. The highest BCUT2D eigenvalue weighted by molar-refractivity contribution is 6.26. The predicted molar refractivity (Wildman–Crippen MR) is 222 cm³/mol. The van der Waals surface area contributed by atoms with Gasteiger partial charge in [0.15, 0.2) is 0 Å². The molecule has 0 atom stereocenters. The Labute approximate surface area is 306 Å². The van der Waals surface area contributed by atoms with Crippen LogP contribution in [0.15, 0.2) is 190 Å². The standard InChI is InChI=1S/C50H33NO2/c1-2-12-32(13-3-1)34-26-28-38(29-27-34)51(42-20-10-17-35-15-6-7-18-39(35)42)43-21-11-23-45-48(43)41-31-46-49(40-19-8-9-22-44(40)52-46)47(50(41)53-45)37-25-24-33-14-4-5-16-36(33)30-37/h1-26,28,30-31H,27,29H2. The third-order valence-electron chi connectivity index (χ3n) is 11.0. The van der Waals surface area contributed by atoms with Gasteiger partial charge < -0.3 is 13.7 Å². The minimum Gasteiger partial charge on any atom is -0.456 e. The van der Waals surface area contributed by atoms with Crippen LogP contribution in [0.4, 0.5) is 11.4 Å². The third kappa shape index (κ3) is 4.74. The van der Waals surface area contributed by atoms with Crippen molar-refractivity contribution < 1.29 is 8.83 Å². The molecule has 11 rings (SSSR count). The molecule has 10 aromatic rings. The fourth-order valence-corrected chi connectivity index (χ4v) is 8.50. The molecular weight excluding hydrogens is 647 g/mol. The normalized spacial score (nSPS) is 13.4. The van der Waals surface area contributed by atoms with Crippen molar-refractivity contribution in [3.63, 3.8) is 0 Å². The van der Waals surface area contributed by atoms with Gasteiger partial charge in [0.05, 0.1) is 16.8 Å². The Kier molecular flexibility index (Phi) is 6.68. The summed E-state index contributed by atoms with van der Waals surface area (Å²) in [6.45, 7) is 0. The second kappa shape index (κ2) is 11.9. The van der Waals surface area contributed by atoms with E-state index in [1.165, 1.54) is 38.4 Å². The number of allylic oxidation sites excluding steroid dienone is 4. The molecule has 0 saturated carbocycles. The minimum absolute atomic E-state index is 0.846. The van der Waals surface area contributed by atoms with Crippen LogP contribution in [0.5, 0.6) is 0 Å². The van der Waals surface area contributed by atoms with Crippen molar-refractivity contribution >= 4 is 82.4 Å². The first-order valence-corrected chi connectivity index (χ1v) is 18.3. The fourth-order valence-electron chi connectivity index (χ4n) is 8.50. The van der Waals surface area contributed by atoms with E-state index >= 15 is 0 Å². The van der Waals surface area contributed by atoms with Gasteiger partial charge in [-0.25, -0.2) is 0 Å². The van der Waals surface area contributed by atoms with Crippen LogP contribution in [0.1, 0.15) is 18.4 Å². The molecule has 53 heavy (non-hydrogen) atoms. The zero-order valence-electron chi connectivity index (χ0n) is 28.9. The van der Waals surface area contributed by atoms with Crippen molar-refractivity contribution in [1.82, 2.24) is 0 Å². The number of furan rings is 2. The number of nitrogens with zero attached hydrogens (tertiary/aromatic N) is 1. The largest absolute Gasteiger partial charge is 0.456 e. The third-order valence-corrected chi connectivity index (χ3v) is 11.0. The van der Waals surface area contributed by atoms with E-state index in [1.54, 1.807) is 0 Å². The van der Waals surface area contributed by atoms with Crippen molar-refractivity contribution in [2.45, 2.75) is 12.8 Å². The molecule has 0 bridgehead atoms. The summed E-state index contributed by atoms with van der Waals surface area (Å²) < 4.78 is 13.7. The van der Waals surface area contributed by atoms with Gasteiger partial charge in [0.1, 0.15) is 22.3 Å². The van der Waals surface area contributed by atoms with Crippen LogP contribution >= 0.6 is 0 Å². The molecule has 0 unspecified atom stereocenters. The molecule has 0 N–H and O–H groups in total. The molecular formula is C50H33NO2. The SMILES string of the molecule is C1=C(c2ccccc2)CCC(N(c2cccc3ccccc23)c2cccc3oc4c(-c5ccc6ccccc6c5)c5c(cc4c23)oc2ccccc25)=C1. The van der Waals surface area contributed by atoms with Gasteiger partial charge in [0, 0.05) is 32.8 Å². The minimum atomic E-state index is 0.846. The zero-order chi connectivity index (χ0) is 34.9. The number of hydrogen-bond donors (Lipinski definition) is 0. The van der Waals surface area contributed by atoms with Gasteiger partial charge in [0.2, 0.25) is 0 Å². The lowest BCUT2D eigenvalue weighted by Gasteiger charge is -2.31. The number of benzene rings is 8. The van der Waals surface area contributed by atoms with E-state index < -0.39 is 0 Å². The van der Waals surface area contributed by atoms with Crippen LogP contribution in [0, 0.1) is 0 Å². The van der Waals surface area contributed by atoms with Gasteiger partial charge >= 0.3 is 0 Å². The highest BCUT2D eigenvalue weighted by atomic mass is 16.3. The highest BCUT2D eigenvalue weighted by Gasteiger charge is 2.26. The number of anilines is 2. The summed E-state index contributed by atoms with van der Waals surface area (Å²) in [5.74, 6) is 0. The first-order valence-electron chi connectivity index (χ1n) is 18.3. The van der Waals surface area contributed by atoms with Gasteiger partial charge in [-0.3, -0.25) is 0 Å². The Morgan fingerprint density at radius 2 is 1.13 bits per heavy atom. The maximum Gasteiger partial charge on any atom is 0.144 e. The van der Waals surface area contributed by atoms with Gasteiger partial charge in [-0.15, -0.1) is 0 Å². The fraction of sp³-hybridized carbons (Fsp3) is 0.0400. The molecule has 0 amide bonds. The topological polar surface area (TPSA) is 29.5 Å². The van der Waals surface area contributed by atoms with Crippen LogP contribution in [-0.2, 0) is 0 Å². The number of hydrogen-bond acceptors (Lipinski definition) is 3. The summed E-state index contributed by atoms with van der Waals surface area (Å²) in [4.78, 5) is 2.47. The van der Waals surface area contributed by atoms with Crippen LogP contribution in [0.2, 0.25) is 0 Å². The lowest BCUT2D eigenvalue weighted by atomic mass is 9.93. The maximum absolute atomic E-state index is 7.05. The summed E-state index contributed by atoms with van der Waals surface area (Å²) >= 11 is 0. The molecule has 0 fully saturated rings. The Balaban J connectivity index is 1.22. The van der Waals surface area contributed by atoms with E-state index in [2.05, 4.69) is 175 Å². The molecule has 0 saturated heterocycles.